The molecule has 0 spiro atoms. The highest BCUT2D eigenvalue weighted by atomic mass is 35.5. The maximum atomic E-state index is 13.4. The monoisotopic (exact) mass is 252 g/mol. The highest BCUT2D eigenvalue weighted by molar-refractivity contribution is 6.30. The quantitative estimate of drug-likeness (QED) is 0.901. The van der Waals surface area contributed by atoms with Gasteiger partial charge in [-0.25, -0.2) is 4.39 Å². The minimum atomic E-state index is -0.490. The van der Waals surface area contributed by atoms with E-state index >= 15 is 0 Å². The lowest BCUT2D eigenvalue weighted by atomic mass is 10.2. The van der Waals surface area contributed by atoms with Gasteiger partial charge in [0.2, 0.25) is 0 Å². The van der Waals surface area contributed by atoms with Crippen molar-refractivity contribution in [3.05, 3.63) is 58.9 Å². The third kappa shape index (κ3) is 3.11. The van der Waals surface area contributed by atoms with E-state index < -0.39 is 5.82 Å². The molecule has 0 saturated carbocycles. The van der Waals surface area contributed by atoms with Crippen LogP contribution in [0.15, 0.2) is 42.5 Å². The summed E-state index contributed by atoms with van der Waals surface area (Å²) in [5.74, 6) is -0.148. The summed E-state index contributed by atoms with van der Waals surface area (Å²) in [5.41, 5.74) is 0.845. The molecular weight excluding hydrogens is 243 g/mol. The smallest absolute Gasteiger partial charge is 0.166 e. The summed E-state index contributed by atoms with van der Waals surface area (Å²) in [6.07, 6.45) is 0. The largest absolute Gasteiger partial charge is 0.508 e. The SMILES string of the molecule is Oc1ccc(COc2ccc(Cl)cc2F)cc1. The van der Waals surface area contributed by atoms with Crippen molar-refractivity contribution in [3.63, 3.8) is 0 Å². The highest BCUT2D eigenvalue weighted by Crippen LogP contribution is 2.22. The molecule has 2 aromatic carbocycles. The molecule has 2 nitrogen and oxygen atoms in total. The van der Waals surface area contributed by atoms with Gasteiger partial charge in [-0.3, -0.25) is 0 Å². The van der Waals surface area contributed by atoms with E-state index in [0.717, 1.165) is 5.56 Å². The predicted octanol–water partition coefficient (Wildman–Crippen LogP) is 3.76. The van der Waals surface area contributed by atoms with Gasteiger partial charge in [-0.1, -0.05) is 23.7 Å². The molecule has 17 heavy (non-hydrogen) atoms. The molecule has 0 unspecified atom stereocenters. The first kappa shape index (κ1) is 11.7. The predicted molar refractivity (Wildman–Crippen MR) is 63.8 cm³/mol. The summed E-state index contributed by atoms with van der Waals surface area (Å²) in [6.45, 7) is 0.235. The van der Waals surface area contributed by atoms with Crippen LogP contribution in [-0.2, 0) is 6.61 Å². The Kier molecular flexibility index (Phi) is 3.49. The second-order valence-corrected chi connectivity index (χ2v) is 3.97. The van der Waals surface area contributed by atoms with Crippen molar-refractivity contribution in [2.75, 3.05) is 0 Å². The van der Waals surface area contributed by atoms with Gasteiger partial charge in [0, 0.05) is 5.02 Å². The molecule has 0 radical (unpaired) electrons. The maximum absolute atomic E-state index is 13.4. The van der Waals surface area contributed by atoms with Crippen molar-refractivity contribution in [1.82, 2.24) is 0 Å². The molecule has 0 aliphatic rings. The molecule has 1 N–H and O–H groups in total. The van der Waals surface area contributed by atoms with Crippen LogP contribution in [0.25, 0.3) is 0 Å². The average Bonchev–Trinajstić information content (AvgIpc) is 2.30. The van der Waals surface area contributed by atoms with Crippen molar-refractivity contribution in [2.45, 2.75) is 6.61 Å². The lowest BCUT2D eigenvalue weighted by Gasteiger charge is -2.07. The molecule has 0 heterocycles. The van der Waals surface area contributed by atoms with Gasteiger partial charge in [-0.15, -0.1) is 0 Å². The molecular formula is C13H10ClFO2. The van der Waals surface area contributed by atoms with Crippen molar-refractivity contribution in [3.8, 4) is 11.5 Å². The number of hydrogen-bond acceptors (Lipinski definition) is 2. The van der Waals surface area contributed by atoms with Crippen molar-refractivity contribution < 1.29 is 14.2 Å². The molecule has 0 aliphatic carbocycles. The van der Waals surface area contributed by atoms with Crippen molar-refractivity contribution >= 4 is 11.6 Å². The first-order valence-electron chi connectivity index (χ1n) is 5.01. The Morgan fingerprint density at radius 2 is 1.82 bits per heavy atom. The minimum absolute atomic E-state index is 0.155. The number of phenolic OH excluding ortho intramolecular Hbond substituents is 1. The summed E-state index contributed by atoms with van der Waals surface area (Å²) in [4.78, 5) is 0. The van der Waals surface area contributed by atoms with Crippen LogP contribution in [0.5, 0.6) is 11.5 Å². The van der Waals surface area contributed by atoms with Gasteiger partial charge in [0.15, 0.2) is 11.6 Å². The van der Waals surface area contributed by atoms with Crippen LogP contribution < -0.4 is 4.74 Å². The summed E-state index contributed by atoms with van der Waals surface area (Å²) in [7, 11) is 0. The number of ether oxygens (including phenoxy) is 1. The minimum Gasteiger partial charge on any atom is -0.508 e. The van der Waals surface area contributed by atoms with Gasteiger partial charge in [0.25, 0.3) is 0 Å². The van der Waals surface area contributed by atoms with E-state index in [1.54, 1.807) is 30.3 Å². The molecule has 0 aromatic heterocycles. The zero-order valence-corrected chi connectivity index (χ0v) is 9.62. The van der Waals surface area contributed by atoms with Crippen LogP contribution in [0.1, 0.15) is 5.56 Å². The zero-order chi connectivity index (χ0) is 12.3. The number of halogens is 2. The Morgan fingerprint density at radius 3 is 2.47 bits per heavy atom. The average molecular weight is 253 g/mol. The number of hydrogen-bond donors (Lipinski definition) is 1. The topological polar surface area (TPSA) is 29.5 Å². The van der Waals surface area contributed by atoms with E-state index in [0.29, 0.717) is 5.02 Å². The van der Waals surface area contributed by atoms with Crippen LogP contribution in [0.2, 0.25) is 5.02 Å². The third-order valence-corrected chi connectivity index (χ3v) is 2.46. The van der Waals surface area contributed by atoms with Gasteiger partial charge in [0.05, 0.1) is 0 Å². The summed E-state index contributed by atoms with van der Waals surface area (Å²) in [5, 5.41) is 9.43. The Labute approximate surface area is 103 Å². The van der Waals surface area contributed by atoms with Crippen LogP contribution in [0.3, 0.4) is 0 Å². The van der Waals surface area contributed by atoms with Crippen LogP contribution in [0, 0.1) is 5.82 Å². The van der Waals surface area contributed by atoms with Crippen LogP contribution >= 0.6 is 11.6 Å². The Bertz CT molecular complexity index is 511. The fourth-order valence-electron chi connectivity index (χ4n) is 1.35. The van der Waals surface area contributed by atoms with E-state index in [1.807, 2.05) is 0 Å². The molecule has 88 valence electrons. The summed E-state index contributed by atoms with van der Waals surface area (Å²) in [6, 6.07) is 10.8. The number of aromatic hydroxyl groups is 1. The Hall–Kier alpha value is -1.74. The number of phenols is 1. The maximum Gasteiger partial charge on any atom is 0.166 e. The lowest BCUT2D eigenvalue weighted by Crippen LogP contribution is -1.97. The molecule has 0 saturated heterocycles. The van der Waals surface area contributed by atoms with E-state index in [2.05, 4.69) is 0 Å². The standard InChI is InChI=1S/C13H10ClFO2/c14-10-3-6-13(12(15)7-10)17-8-9-1-4-11(16)5-2-9/h1-7,16H,8H2. The molecule has 4 heteroatoms. The van der Waals surface area contributed by atoms with Gasteiger partial charge >= 0.3 is 0 Å². The molecule has 0 amide bonds. The summed E-state index contributed by atoms with van der Waals surface area (Å²) < 4.78 is 18.7. The second-order valence-electron chi connectivity index (χ2n) is 3.53. The number of benzene rings is 2. The van der Waals surface area contributed by atoms with Gasteiger partial charge in [-0.2, -0.15) is 0 Å². The van der Waals surface area contributed by atoms with E-state index in [9.17, 15) is 4.39 Å². The Morgan fingerprint density at radius 1 is 1.12 bits per heavy atom. The molecule has 2 rings (SSSR count). The fraction of sp³-hybridized carbons (Fsp3) is 0.0769. The van der Waals surface area contributed by atoms with E-state index in [-0.39, 0.29) is 18.1 Å². The highest BCUT2D eigenvalue weighted by Gasteiger charge is 2.04. The zero-order valence-electron chi connectivity index (χ0n) is 8.86. The van der Waals surface area contributed by atoms with E-state index in [1.165, 1.54) is 12.1 Å². The van der Waals surface area contributed by atoms with Gasteiger partial charge < -0.3 is 9.84 Å². The van der Waals surface area contributed by atoms with Crippen molar-refractivity contribution in [1.29, 1.82) is 0 Å². The van der Waals surface area contributed by atoms with Crippen LogP contribution in [0.4, 0.5) is 4.39 Å². The summed E-state index contributed by atoms with van der Waals surface area (Å²) >= 11 is 5.63. The molecule has 0 fully saturated rings. The van der Waals surface area contributed by atoms with Gasteiger partial charge in [-0.05, 0) is 35.9 Å². The second kappa shape index (κ2) is 5.06. The normalized spacial score (nSPS) is 10.2. The fourth-order valence-corrected chi connectivity index (χ4v) is 1.50. The first-order chi connectivity index (χ1) is 8.15. The lowest BCUT2D eigenvalue weighted by molar-refractivity contribution is 0.290. The van der Waals surface area contributed by atoms with Crippen LogP contribution in [-0.4, -0.2) is 5.11 Å². The van der Waals surface area contributed by atoms with E-state index in [4.69, 9.17) is 21.4 Å². The molecule has 0 aliphatic heterocycles. The van der Waals surface area contributed by atoms with Crippen molar-refractivity contribution in [2.24, 2.45) is 0 Å². The number of rotatable bonds is 3. The molecule has 2 aromatic rings. The molecule has 0 bridgehead atoms. The molecule has 0 atom stereocenters. The third-order valence-electron chi connectivity index (χ3n) is 2.22. The first-order valence-corrected chi connectivity index (χ1v) is 5.39. The van der Waals surface area contributed by atoms with Gasteiger partial charge in [0.1, 0.15) is 12.4 Å². The Balaban J connectivity index is 2.04.